The van der Waals surface area contributed by atoms with E-state index in [0.29, 0.717) is 30.4 Å². The normalized spacial score (nSPS) is 17.8. The third-order valence-corrected chi connectivity index (χ3v) is 10.8. The smallest absolute Gasteiger partial charge is 0.326 e. The Labute approximate surface area is 363 Å². The fourth-order valence-corrected chi connectivity index (χ4v) is 7.37. The Hall–Kier alpha value is -6.77. The molecule has 2 aliphatic heterocycles. The third-order valence-electron chi connectivity index (χ3n) is 10.8. The number of likely N-dealkylation sites (tertiary alicyclic amines) is 2. The fraction of sp³-hybridized carbons (Fsp3) is 0.500. The number of phenols is 2. The topological polar surface area (TPSA) is 327 Å². The molecule has 0 saturated carbocycles. The predicted octanol–water partition coefficient (Wildman–Crippen LogP) is -1.52. The Morgan fingerprint density at radius 1 is 0.667 bits per heavy atom. The van der Waals surface area contributed by atoms with Gasteiger partial charge in [-0.05, 0) is 79.8 Å². The summed E-state index contributed by atoms with van der Waals surface area (Å²) in [5.41, 5.74) is 7.24. The highest BCUT2D eigenvalue weighted by atomic mass is 16.4. The van der Waals surface area contributed by atoms with Gasteiger partial charge in [0, 0.05) is 25.9 Å². The number of carbonyl (C=O) groups is 9. The van der Waals surface area contributed by atoms with Crippen LogP contribution in [0.2, 0.25) is 0 Å². The number of carbonyl (C=O) groups excluding carboxylic acids is 7. The molecule has 2 saturated heterocycles. The van der Waals surface area contributed by atoms with Gasteiger partial charge < -0.3 is 62.5 Å². The zero-order valence-electron chi connectivity index (χ0n) is 35.1. The summed E-state index contributed by atoms with van der Waals surface area (Å²) in [6.45, 7) is 2.44. The van der Waals surface area contributed by atoms with Crippen molar-refractivity contribution in [2.45, 2.75) is 101 Å². The molecule has 11 N–H and O–H groups in total. The van der Waals surface area contributed by atoms with Crippen LogP contribution in [0, 0.1) is 5.92 Å². The second-order valence-corrected chi connectivity index (χ2v) is 15.9. The number of rotatable bonds is 21. The number of benzene rings is 2. The molecule has 6 unspecified atom stereocenters. The van der Waals surface area contributed by atoms with Gasteiger partial charge in [-0.1, -0.05) is 38.1 Å². The van der Waals surface area contributed by atoms with E-state index in [0.717, 1.165) is 0 Å². The number of phenolic OH excluding ortho intramolecular Hbond substituents is 2. The summed E-state index contributed by atoms with van der Waals surface area (Å²) >= 11 is 0. The summed E-state index contributed by atoms with van der Waals surface area (Å²) in [5, 5.41) is 50.7. The standard InChI is InChI=1S/C42H56N8O13/c1-23(2)36(41(61)50-18-4-6-32(50)42(62)63)48-34(54)22-44-33(53)21-45-38(58)30(20-25-9-13-27(52)14-10-25)47-39(59)31-5-3-17-49(31)40(60)29(15-16-35(55)56)46-37(57)28(43)19-24-7-11-26(51)12-8-24/h7-14,23,28-32,36,51-52H,3-6,15-22,43H2,1-2H3,(H,44,53)(H,45,58)(H,46,57)(H,47,59)(H,48,54)(H,55,56)(H,62,63). The van der Waals surface area contributed by atoms with Crippen LogP contribution in [0.15, 0.2) is 48.5 Å². The Morgan fingerprint density at radius 3 is 1.76 bits per heavy atom. The zero-order valence-corrected chi connectivity index (χ0v) is 35.1. The van der Waals surface area contributed by atoms with Crippen LogP contribution in [0.1, 0.15) is 63.5 Å². The van der Waals surface area contributed by atoms with Gasteiger partial charge in [0.05, 0.1) is 19.1 Å². The summed E-state index contributed by atoms with van der Waals surface area (Å²) in [5.74, 6) is -7.94. The van der Waals surface area contributed by atoms with Crippen molar-refractivity contribution in [2.75, 3.05) is 26.2 Å². The van der Waals surface area contributed by atoms with E-state index in [1.807, 2.05) is 0 Å². The molecule has 2 aromatic carbocycles. The largest absolute Gasteiger partial charge is 0.508 e. The van der Waals surface area contributed by atoms with Crippen molar-refractivity contribution in [2.24, 2.45) is 11.7 Å². The van der Waals surface area contributed by atoms with E-state index in [9.17, 15) is 63.6 Å². The first kappa shape index (κ1) is 48.9. The summed E-state index contributed by atoms with van der Waals surface area (Å²) in [6, 6.07) is 4.73. The first-order valence-corrected chi connectivity index (χ1v) is 20.7. The van der Waals surface area contributed by atoms with E-state index >= 15 is 0 Å². The van der Waals surface area contributed by atoms with E-state index in [4.69, 9.17) is 5.73 Å². The van der Waals surface area contributed by atoms with Gasteiger partial charge in [0.1, 0.15) is 41.7 Å². The molecule has 0 bridgehead atoms. The van der Waals surface area contributed by atoms with Crippen LogP contribution in [0.3, 0.4) is 0 Å². The molecule has 0 aliphatic carbocycles. The summed E-state index contributed by atoms with van der Waals surface area (Å²) < 4.78 is 0. The van der Waals surface area contributed by atoms with Gasteiger partial charge >= 0.3 is 11.9 Å². The van der Waals surface area contributed by atoms with Crippen LogP contribution < -0.4 is 32.3 Å². The maximum absolute atomic E-state index is 13.9. The van der Waals surface area contributed by atoms with Gasteiger partial charge in [-0.25, -0.2) is 4.79 Å². The zero-order chi connectivity index (χ0) is 46.4. The quantitative estimate of drug-likeness (QED) is 0.0682. The molecule has 4 rings (SSSR count). The number of amides is 7. The molecule has 21 heteroatoms. The lowest BCUT2D eigenvalue weighted by atomic mass is 10.0. The van der Waals surface area contributed by atoms with Crippen LogP contribution in [0.5, 0.6) is 11.5 Å². The summed E-state index contributed by atoms with van der Waals surface area (Å²) in [6.07, 6.45) is 0.431. The van der Waals surface area contributed by atoms with E-state index in [-0.39, 0.29) is 50.3 Å². The highest BCUT2D eigenvalue weighted by Crippen LogP contribution is 2.22. The Kier molecular flexibility index (Phi) is 17.8. The lowest BCUT2D eigenvalue weighted by molar-refractivity contribution is -0.150. The fourth-order valence-electron chi connectivity index (χ4n) is 7.37. The minimum atomic E-state index is -1.37. The van der Waals surface area contributed by atoms with Crippen molar-refractivity contribution < 1.29 is 63.6 Å². The van der Waals surface area contributed by atoms with Crippen molar-refractivity contribution in [1.82, 2.24) is 36.4 Å². The molecule has 0 radical (unpaired) electrons. The molecule has 2 fully saturated rings. The number of nitrogens with zero attached hydrogens (tertiary/aromatic N) is 2. The predicted molar refractivity (Wildman–Crippen MR) is 222 cm³/mol. The average Bonchev–Trinajstić information content (AvgIpc) is 3.95. The number of nitrogens with one attached hydrogen (secondary N) is 5. The summed E-state index contributed by atoms with van der Waals surface area (Å²) in [4.78, 5) is 119. The number of aromatic hydroxyl groups is 2. The van der Waals surface area contributed by atoms with Gasteiger partial charge in [-0.15, -0.1) is 0 Å². The van der Waals surface area contributed by atoms with Crippen molar-refractivity contribution in [1.29, 1.82) is 0 Å². The molecule has 21 nitrogen and oxygen atoms in total. The van der Waals surface area contributed by atoms with Crippen molar-refractivity contribution in [3.63, 3.8) is 0 Å². The number of carboxylic acid groups (broad SMARTS) is 2. The molecular weight excluding hydrogens is 825 g/mol. The van der Waals surface area contributed by atoms with Crippen LogP contribution in [-0.4, -0.2) is 146 Å². The van der Waals surface area contributed by atoms with E-state index in [1.165, 1.54) is 46.2 Å². The molecule has 7 amide bonds. The molecular formula is C42H56N8O13. The number of hydrogen-bond acceptors (Lipinski definition) is 12. The average molecular weight is 881 g/mol. The second-order valence-electron chi connectivity index (χ2n) is 15.9. The van der Waals surface area contributed by atoms with E-state index < -0.39 is 115 Å². The molecule has 0 aromatic heterocycles. The Balaban J connectivity index is 1.39. The SMILES string of the molecule is CC(C)C(NC(=O)CNC(=O)CNC(=O)C(Cc1ccc(O)cc1)NC(=O)C1CCCN1C(=O)C(CCC(=O)O)NC(=O)C(N)Cc1ccc(O)cc1)C(=O)N1CCCC1C(=O)O. The van der Waals surface area contributed by atoms with Gasteiger partial charge in [0.2, 0.25) is 41.4 Å². The highest BCUT2D eigenvalue weighted by Gasteiger charge is 2.40. The van der Waals surface area contributed by atoms with Crippen LogP contribution >= 0.6 is 0 Å². The molecule has 6 atom stereocenters. The molecule has 342 valence electrons. The number of carboxylic acids is 2. The van der Waals surface area contributed by atoms with Crippen LogP contribution in [-0.2, 0) is 56.0 Å². The molecule has 63 heavy (non-hydrogen) atoms. The van der Waals surface area contributed by atoms with E-state index in [1.54, 1.807) is 26.0 Å². The lowest BCUT2D eigenvalue weighted by Gasteiger charge is -2.30. The minimum Gasteiger partial charge on any atom is -0.508 e. The molecule has 2 aromatic rings. The Morgan fingerprint density at radius 2 is 1.21 bits per heavy atom. The van der Waals surface area contributed by atoms with Gasteiger partial charge in [0.25, 0.3) is 0 Å². The molecule has 0 spiro atoms. The minimum absolute atomic E-state index is 0.0139. The number of nitrogens with two attached hydrogens (primary N) is 1. The second kappa shape index (κ2) is 22.9. The van der Waals surface area contributed by atoms with Crippen molar-refractivity contribution in [3.05, 3.63) is 59.7 Å². The first-order valence-electron chi connectivity index (χ1n) is 20.7. The Bertz CT molecular complexity index is 2000. The van der Waals surface area contributed by atoms with Crippen molar-refractivity contribution in [3.8, 4) is 11.5 Å². The van der Waals surface area contributed by atoms with E-state index in [2.05, 4.69) is 26.6 Å². The lowest BCUT2D eigenvalue weighted by Crippen LogP contribution is -2.58. The third kappa shape index (κ3) is 14.4. The van der Waals surface area contributed by atoms with Crippen molar-refractivity contribution >= 4 is 53.3 Å². The maximum Gasteiger partial charge on any atom is 0.326 e. The summed E-state index contributed by atoms with van der Waals surface area (Å²) in [7, 11) is 0. The van der Waals surface area contributed by atoms with Gasteiger partial charge in [-0.2, -0.15) is 0 Å². The van der Waals surface area contributed by atoms with Gasteiger partial charge in [-0.3, -0.25) is 38.4 Å². The first-order chi connectivity index (χ1) is 29.8. The molecule has 2 aliphatic rings. The van der Waals surface area contributed by atoms with Crippen LogP contribution in [0.4, 0.5) is 0 Å². The van der Waals surface area contributed by atoms with Crippen LogP contribution in [0.25, 0.3) is 0 Å². The highest BCUT2D eigenvalue weighted by molar-refractivity contribution is 5.97. The van der Waals surface area contributed by atoms with Gasteiger partial charge in [0.15, 0.2) is 0 Å². The number of aliphatic carboxylic acids is 2. The maximum atomic E-state index is 13.9. The number of hydrogen-bond donors (Lipinski definition) is 10. The monoisotopic (exact) mass is 880 g/mol. The molecule has 2 heterocycles.